The predicted molar refractivity (Wildman–Crippen MR) is 89.9 cm³/mol. The Balaban J connectivity index is 0.000000220. The number of aliphatic hydroxyl groups is 2. The number of rotatable bonds is 4. The molecule has 0 aromatic heterocycles. The number of aliphatic hydroxyl groups excluding tert-OH is 2. The Morgan fingerprint density at radius 1 is 0.727 bits per heavy atom. The molecule has 0 fully saturated rings. The molecule has 0 heterocycles. The van der Waals surface area contributed by atoms with Gasteiger partial charge in [-0.25, -0.2) is 8.78 Å². The van der Waals surface area contributed by atoms with Crippen LogP contribution in [0.4, 0.5) is 8.78 Å². The monoisotopic (exact) mass is 436 g/mol. The molecule has 0 aliphatic heterocycles. The highest BCUT2D eigenvalue weighted by atomic mass is 79.9. The minimum atomic E-state index is -0.473. The van der Waals surface area contributed by atoms with E-state index in [9.17, 15) is 8.78 Å². The first-order chi connectivity index (χ1) is 10.6. The van der Waals surface area contributed by atoms with E-state index in [4.69, 9.17) is 10.2 Å². The molecule has 2 rings (SSSR count). The van der Waals surface area contributed by atoms with Gasteiger partial charge in [0, 0.05) is 21.8 Å². The molecule has 0 aliphatic rings. The molecule has 0 unspecified atom stereocenters. The van der Waals surface area contributed by atoms with Gasteiger partial charge in [-0.1, -0.05) is 56.1 Å². The Bertz CT molecular complexity index is 553. The second kappa shape index (κ2) is 10.0. The molecule has 0 amide bonds. The van der Waals surface area contributed by atoms with Crippen molar-refractivity contribution in [3.8, 4) is 0 Å². The van der Waals surface area contributed by atoms with E-state index in [2.05, 4.69) is 31.9 Å². The molecule has 0 saturated carbocycles. The summed E-state index contributed by atoms with van der Waals surface area (Å²) in [5.74, 6) is -0.613. The summed E-state index contributed by atoms with van der Waals surface area (Å²) in [5.41, 5.74) is 2.36. The van der Waals surface area contributed by atoms with Gasteiger partial charge in [-0.2, -0.15) is 0 Å². The van der Waals surface area contributed by atoms with E-state index in [1.807, 2.05) is 6.07 Å². The van der Waals surface area contributed by atoms with Crippen LogP contribution in [0.2, 0.25) is 0 Å². The average molecular weight is 438 g/mol. The van der Waals surface area contributed by atoms with Gasteiger partial charge in [-0.3, -0.25) is 0 Å². The molecule has 2 aromatic carbocycles. The maximum Gasteiger partial charge on any atom is 0.129 e. The topological polar surface area (TPSA) is 40.5 Å². The van der Waals surface area contributed by atoms with Crippen molar-refractivity contribution in [2.24, 2.45) is 0 Å². The van der Waals surface area contributed by atoms with Crippen LogP contribution in [0.25, 0.3) is 0 Å². The first-order valence-corrected chi connectivity index (χ1v) is 8.69. The van der Waals surface area contributed by atoms with Crippen molar-refractivity contribution in [1.82, 2.24) is 0 Å². The molecule has 6 heteroatoms. The van der Waals surface area contributed by atoms with Crippen LogP contribution in [0.5, 0.6) is 0 Å². The summed E-state index contributed by atoms with van der Waals surface area (Å²) in [6.45, 7) is -0.615. The maximum absolute atomic E-state index is 13.0. The molecular formula is C16H16Br2F2O2. The van der Waals surface area contributed by atoms with Crippen molar-refractivity contribution in [2.45, 2.75) is 23.9 Å². The summed E-state index contributed by atoms with van der Waals surface area (Å²) in [5, 5.41) is 18.6. The first-order valence-electron chi connectivity index (χ1n) is 6.45. The van der Waals surface area contributed by atoms with Crippen molar-refractivity contribution in [3.63, 3.8) is 0 Å². The molecule has 2 aromatic rings. The molecule has 2 N–H and O–H groups in total. The lowest BCUT2D eigenvalue weighted by Gasteiger charge is -2.03. The fraction of sp³-hybridized carbons (Fsp3) is 0.250. The van der Waals surface area contributed by atoms with E-state index in [1.54, 1.807) is 12.1 Å². The molecular weight excluding hydrogens is 422 g/mol. The fourth-order valence-corrected chi connectivity index (χ4v) is 2.96. The van der Waals surface area contributed by atoms with Crippen LogP contribution >= 0.6 is 31.9 Å². The lowest BCUT2D eigenvalue weighted by Crippen LogP contribution is -1.97. The van der Waals surface area contributed by atoms with Gasteiger partial charge in [-0.15, -0.1) is 0 Å². The SMILES string of the molecule is Fc1cccc(CBr)c1CBr.OCc1cccc(F)c1CO. The number of alkyl halides is 2. The Morgan fingerprint density at radius 3 is 1.64 bits per heavy atom. The number of benzene rings is 2. The second-order valence-electron chi connectivity index (χ2n) is 4.34. The van der Waals surface area contributed by atoms with Gasteiger partial charge >= 0.3 is 0 Å². The molecule has 0 aliphatic carbocycles. The molecule has 0 saturated heterocycles. The van der Waals surface area contributed by atoms with Gasteiger partial charge in [0.2, 0.25) is 0 Å². The smallest absolute Gasteiger partial charge is 0.129 e. The number of halogens is 4. The third-order valence-corrected chi connectivity index (χ3v) is 4.20. The Kier molecular flexibility index (Phi) is 8.78. The third kappa shape index (κ3) is 5.12. The molecule has 0 atom stereocenters. The summed E-state index contributed by atoms with van der Waals surface area (Å²) >= 11 is 6.53. The molecule has 2 nitrogen and oxygen atoms in total. The van der Waals surface area contributed by atoms with Gasteiger partial charge in [0.05, 0.1) is 13.2 Å². The minimum Gasteiger partial charge on any atom is -0.392 e. The van der Waals surface area contributed by atoms with Gasteiger partial charge in [-0.05, 0) is 23.3 Å². The molecule has 22 heavy (non-hydrogen) atoms. The second-order valence-corrected chi connectivity index (χ2v) is 5.46. The maximum atomic E-state index is 13.0. The van der Waals surface area contributed by atoms with E-state index in [0.717, 1.165) is 11.1 Å². The van der Waals surface area contributed by atoms with Crippen LogP contribution in [0.1, 0.15) is 22.3 Å². The third-order valence-electron chi connectivity index (χ3n) is 3.04. The minimum absolute atomic E-state index is 0.140. The average Bonchev–Trinajstić information content (AvgIpc) is 2.54. The molecule has 0 radical (unpaired) electrons. The number of hydrogen-bond donors (Lipinski definition) is 2. The lowest BCUT2D eigenvalue weighted by atomic mass is 10.1. The quantitative estimate of drug-likeness (QED) is 0.695. The van der Waals surface area contributed by atoms with Crippen LogP contribution in [-0.4, -0.2) is 10.2 Å². The van der Waals surface area contributed by atoms with Gasteiger partial charge < -0.3 is 10.2 Å². The molecule has 0 spiro atoms. The highest BCUT2D eigenvalue weighted by Crippen LogP contribution is 2.18. The zero-order valence-electron chi connectivity index (χ0n) is 11.7. The van der Waals surface area contributed by atoms with E-state index < -0.39 is 5.82 Å². The standard InChI is InChI=1S/C8H7Br2F.C8H9FO2/c9-4-6-2-1-3-8(11)7(6)5-10;9-8-3-1-2-6(4-10)7(8)5-11/h1-3H,4-5H2;1-3,10-11H,4-5H2. The number of hydrogen-bond acceptors (Lipinski definition) is 2. The first kappa shape index (κ1) is 19.2. The normalized spacial score (nSPS) is 10.1. The van der Waals surface area contributed by atoms with Gasteiger partial charge in [0.15, 0.2) is 0 Å². The van der Waals surface area contributed by atoms with Crippen LogP contribution in [-0.2, 0) is 23.9 Å². The van der Waals surface area contributed by atoms with Gasteiger partial charge in [0.25, 0.3) is 0 Å². The highest BCUT2D eigenvalue weighted by molar-refractivity contribution is 9.09. The largest absolute Gasteiger partial charge is 0.392 e. The van der Waals surface area contributed by atoms with E-state index >= 15 is 0 Å². The summed E-state index contributed by atoms with van der Waals surface area (Å²) in [7, 11) is 0. The zero-order chi connectivity index (χ0) is 16.5. The summed E-state index contributed by atoms with van der Waals surface area (Å²) < 4.78 is 25.8. The van der Waals surface area contributed by atoms with Crippen LogP contribution in [0.15, 0.2) is 36.4 Å². The van der Waals surface area contributed by atoms with Crippen LogP contribution < -0.4 is 0 Å². The molecule has 0 bridgehead atoms. The Morgan fingerprint density at radius 2 is 1.27 bits per heavy atom. The summed E-state index contributed by atoms with van der Waals surface area (Å²) in [6.07, 6.45) is 0. The van der Waals surface area contributed by atoms with E-state index in [0.29, 0.717) is 16.2 Å². The fourth-order valence-electron chi connectivity index (χ4n) is 1.81. The molecule has 120 valence electrons. The van der Waals surface area contributed by atoms with Crippen molar-refractivity contribution in [2.75, 3.05) is 0 Å². The van der Waals surface area contributed by atoms with Crippen molar-refractivity contribution in [3.05, 3.63) is 70.3 Å². The van der Waals surface area contributed by atoms with Crippen LogP contribution in [0, 0.1) is 11.6 Å². The Labute approximate surface area is 145 Å². The lowest BCUT2D eigenvalue weighted by molar-refractivity contribution is 0.255. The van der Waals surface area contributed by atoms with E-state index in [-0.39, 0.29) is 24.6 Å². The van der Waals surface area contributed by atoms with Crippen molar-refractivity contribution >= 4 is 31.9 Å². The van der Waals surface area contributed by atoms with Crippen LogP contribution in [0.3, 0.4) is 0 Å². The Hall–Kier alpha value is -0.820. The summed E-state index contributed by atoms with van der Waals surface area (Å²) in [4.78, 5) is 0. The highest BCUT2D eigenvalue weighted by Gasteiger charge is 2.05. The summed E-state index contributed by atoms with van der Waals surface area (Å²) in [6, 6.07) is 9.44. The van der Waals surface area contributed by atoms with Crippen molar-refractivity contribution < 1.29 is 19.0 Å². The van der Waals surface area contributed by atoms with Crippen molar-refractivity contribution in [1.29, 1.82) is 0 Å². The zero-order valence-corrected chi connectivity index (χ0v) is 14.9. The predicted octanol–water partition coefficient (Wildman–Crippen LogP) is 4.43. The van der Waals surface area contributed by atoms with Gasteiger partial charge in [0.1, 0.15) is 11.6 Å². The van der Waals surface area contributed by atoms with E-state index in [1.165, 1.54) is 18.2 Å².